The Morgan fingerprint density at radius 2 is 1.65 bits per heavy atom. The van der Waals surface area contributed by atoms with Gasteiger partial charge in [-0.1, -0.05) is 12.1 Å². The second-order valence-corrected chi connectivity index (χ2v) is 6.56. The largest absolute Gasteiger partial charge is 0.497 e. The molecule has 0 bridgehead atoms. The van der Waals surface area contributed by atoms with Gasteiger partial charge in [0, 0.05) is 19.2 Å². The summed E-state index contributed by atoms with van der Waals surface area (Å²) in [6.07, 6.45) is -5.58. The zero-order chi connectivity index (χ0) is 22.8. The number of nitrogens with zero attached hydrogens (tertiary/aromatic N) is 1. The van der Waals surface area contributed by atoms with Crippen molar-refractivity contribution < 1.29 is 31.9 Å². The minimum Gasteiger partial charge on any atom is -0.497 e. The highest BCUT2D eigenvalue weighted by Gasteiger charge is 2.39. The van der Waals surface area contributed by atoms with Crippen LogP contribution in [0.2, 0.25) is 0 Å². The van der Waals surface area contributed by atoms with Crippen LogP contribution in [0.25, 0.3) is 22.1 Å². The van der Waals surface area contributed by atoms with Crippen molar-refractivity contribution in [2.45, 2.75) is 20.0 Å². The van der Waals surface area contributed by atoms with Crippen LogP contribution in [0, 0.1) is 0 Å². The van der Waals surface area contributed by atoms with Crippen LogP contribution in [0.15, 0.2) is 51.7 Å². The normalized spacial score (nSPS) is 11.4. The Bertz CT molecular complexity index is 1150. The molecule has 0 radical (unpaired) electrons. The number of halogens is 3. The molecule has 0 saturated carbocycles. The maximum atomic E-state index is 13.7. The molecule has 0 aliphatic rings. The molecule has 2 aromatic carbocycles. The molecule has 0 N–H and O–H groups in total. The lowest BCUT2D eigenvalue weighted by Gasteiger charge is -2.18. The second kappa shape index (κ2) is 8.71. The third kappa shape index (κ3) is 4.50. The monoisotopic (exact) mass is 435 g/mol. The van der Waals surface area contributed by atoms with E-state index < -0.39 is 29.0 Å². The standard InChI is InChI=1S/C22H20F3NO5/c1-4-26(5-2)21(28)30-15-10-11-16-17(12-15)31-20(22(23,24)25)18(19(16)27)13-6-8-14(29-3)9-7-13/h6-12H,4-5H2,1-3H3. The number of methoxy groups -OCH3 is 1. The summed E-state index contributed by atoms with van der Waals surface area (Å²) in [6.45, 7) is 4.34. The van der Waals surface area contributed by atoms with Gasteiger partial charge in [0.2, 0.25) is 11.2 Å². The van der Waals surface area contributed by atoms with Gasteiger partial charge >= 0.3 is 12.3 Å². The number of fused-ring (bicyclic) bond motifs is 1. The molecule has 0 unspecified atom stereocenters. The molecular formula is C22H20F3NO5. The highest BCUT2D eigenvalue weighted by atomic mass is 19.4. The van der Waals surface area contributed by atoms with E-state index in [1.807, 2.05) is 0 Å². The topological polar surface area (TPSA) is 69.0 Å². The summed E-state index contributed by atoms with van der Waals surface area (Å²) in [5.74, 6) is -1.03. The minimum absolute atomic E-state index is 0.0297. The number of hydrogen-bond donors (Lipinski definition) is 0. The molecule has 0 atom stereocenters. The number of carbonyl (C=O) groups is 1. The minimum atomic E-state index is -4.92. The van der Waals surface area contributed by atoms with Crippen LogP contribution < -0.4 is 14.9 Å². The fourth-order valence-corrected chi connectivity index (χ4v) is 3.10. The van der Waals surface area contributed by atoms with Gasteiger partial charge in [-0.3, -0.25) is 4.79 Å². The predicted molar refractivity (Wildman–Crippen MR) is 108 cm³/mol. The third-order valence-corrected chi connectivity index (χ3v) is 4.73. The predicted octanol–water partition coefficient (Wildman–Crippen LogP) is 5.33. The molecule has 3 aromatic rings. The van der Waals surface area contributed by atoms with Gasteiger partial charge in [0.15, 0.2) is 0 Å². The van der Waals surface area contributed by atoms with Crippen molar-refractivity contribution in [1.82, 2.24) is 4.90 Å². The van der Waals surface area contributed by atoms with Crippen molar-refractivity contribution in [1.29, 1.82) is 0 Å². The van der Waals surface area contributed by atoms with Crippen LogP contribution in [0.1, 0.15) is 19.6 Å². The quantitative estimate of drug-likeness (QED) is 0.542. The Morgan fingerprint density at radius 1 is 1.03 bits per heavy atom. The molecule has 6 nitrogen and oxygen atoms in total. The Morgan fingerprint density at radius 3 is 2.19 bits per heavy atom. The average Bonchev–Trinajstić information content (AvgIpc) is 2.74. The van der Waals surface area contributed by atoms with E-state index in [9.17, 15) is 22.8 Å². The van der Waals surface area contributed by atoms with E-state index in [-0.39, 0.29) is 22.3 Å². The fraction of sp³-hybridized carbons (Fsp3) is 0.273. The van der Waals surface area contributed by atoms with Crippen molar-refractivity contribution in [3.8, 4) is 22.6 Å². The number of rotatable bonds is 5. The zero-order valence-corrected chi connectivity index (χ0v) is 17.1. The lowest BCUT2D eigenvalue weighted by atomic mass is 10.0. The third-order valence-electron chi connectivity index (χ3n) is 4.73. The summed E-state index contributed by atoms with van der Waals surface area (Å²) >= 11 is 0. The van der Waals surface area contributed by atoms with Crippen LogP contribution in [-0.2, 0) is 6.18 Å². The van der Waals surface area contributed by atoms with Crippen molar-refractivity contribution in [2.24, 2.45) is 0 Å². The molecule has 1 amide bonds. The van der Waals surface area contributed by atoms with Crippen molar-refractivity contribution in [2.75, 3.05) is 20.2 Å². The lowest BCUT2D eigenvalue weighted by molar-refractivity contribution is -0.152. The van der Waals surface area contributed by atoms with E-state index in [0.717, 1.165) is 6.07 Å². The van der Waals surface area contributed by atoms with Gasteiger partial charge in [-0.2, -0.15) is 13.2 Å². The van der Waals surface area contributed by atoms with Gasteiger partial charge in [0.05, 0.1) is 18.1 Å². The van der Waals surface area contributed by atoms with Gasteiger partial charge in [-0.25, -0.2) is 4.79 Å². The SMILES string of the molecule is CCN(CC)C(=O)Oc1ccc2c(=O)c(-c3ccc(OC)cc3)c(C(F)(F)F)oc2c1. The molecule has 164 valence electrons. The molecule has 0 saturated heterocycles. The Hall–Kier alpha value is -3.49. The number of alkyl halides is 3. The number of carbonyl (C=O) groups excluding carboxylic acids is 1. The summed E-state index contributed by atoms with van der Waals surface area (Å²) in [6, 6.07) is 9.33. The molecular weight excluding hydrogens is 415 g/mol. The molecule has 0 aliphatic heterocycles. The lowest BCUT2D eigenvalue weighted by Crippen LogP contribution is -2.33. The molecule has 0 spiro atoms. The first-order valence-corrected chi connectivity index (χ1v) is 9.48. The maximum Gasteiger partial charge on any atom is 0.450 e. The van der Waals surface area contributed by atoms with E-state index in [4.69, 9.17) is 13.9 Å². The van der Waals surface area contributed by atoms with Gasteiger partial charge in [0.25, 0.3) is 0 Å². The summed E-state index contributed by atoms with van der Waals surface area (Å²) in [5.41, 5.74) is -1.74. The maximum absolute atomic E-state index is 13.7. The number of hydrogen-bond acceptors (Lipinski definition) is 5. The summed E-state index contributed by atoms with van der Waals surface area (Å²) < 4.78 is 56.6. The molecule has 1 heterocycles. The Kier molecular flexibility index (Phi) is 6.24. The molecule has 9 heteroatoms. The number of benzene rings is 2. The van der Waals surface area contributed by atoms with E-state index in [0.29, 0.717) is 18.8 Å². The zero-order valence-electron chi connectivity index (χ0n) is 17.1. The Labute approximate surface area is 175 Å². The van der Waals surface area contributed by atoms with E-state index in [1.54, 1.807) is 13.8 Å². The molecule has 1 aromatic heterocycles. The Balaban J connectivity index is 2.15. The summed E-state index contributed by atoms with van der Waals surface area (Å²) in [5, 5.41) is -0.0681. The molecule has 0 fully saturated rings. The fourth-order valence-electron chi connectivity index (χ4n) is 3.10. The van der Waals surface area contributed by atoms with Crippen molar-refractivity contribution in [3.63, 3.8) is 0 Å². The van der Waals surface area contributed by atoms with Gasteiger partial charge in [0.1, 0.15) is 17.1 Å². The van der Waals surface area contributed by atoms with Gasteiger partial charge in [-0.05, 0) is 43.7 Å². The van der Waals surface area contributed by atoms with E-state index in [1.165, 1.54) is 48.4 Å². The smallest absolute Gasteiger partial charge is 0.450 e. The van der Waals surface area contributed by atoms with Crippen molar-refractivity contribution in [3.05, 3.63) is 58.4 Å². The average molecular weight is 435 g/mol. The highest BCUT2D eigenvalue weighted by Crippen LogP contribution is 2.38. The first-order chi connectivity index (χ1) is 14.7. The first kappa shape index (κ1) is 22.2. The van der Waals surface area contributed by atoms with Crippen LogP contribution >= 0.6 is 0 Å². The second-order valence-electron chi connectivity index (χ2n) is 6.56. The molecule has 0 aliphatic carbocycles. The van der Waals surface area contributed by atoms with Crippen LogP contribution in [0.5, 0.6) is 11.5 Å². The number of amides is 1. The van der Waals surface area contributed by atoms with E-state index >= 15 is 0 Å². The summed E-state index contributed by atoms with van der Waals surface area (Å²) in [4.78, 5) is 26.5. The van der Waals surface area contributed by atoms with Crippen LogP contribution in [0.4, 0.5) is 18.0 Å². The van der Waals surface area contributed by atoms with Crippen molar-refractivity contribution >= 4 is 17.1 Å². The molecule has 31 heavy (non-hydrogen) atoms. The molecule has 3 rings (SSSR count). The van der Waals surface area contributed by atoms with Gasteiger partial charge in [-0.15, -0.1) is 0 Å². The number of ether oxygens (including phenoxy) is 2. The summed E-state index contributed by atoms with van der Waals surface area (Å²) in [7, 11) is 1.42. The van der Waals surface area contributed by atoms with Gasteiger partial charge < -0.3 is 18.8 Å². The first-order valence-electron chi connectivity index (χ1n) is 9.48. The van der Waals surface area contributed by atoms with E-state index in [2.05, 4.69) is 0 Å². The van der Waals surface area contributed by atoms with Crippen LogP contribution in [0.3, 0.4) is 0 Å². The van der Waals surface area contributed by atoms with Crippen LogP contribution in [-0.4, -0.2) is 31.2 Å². The highest BCUT2D eigenvalue weighted by molar-refractivity contribution is 5.85.